The van der Waals surface area contributed by atoms with E-state index in [0.29, 0.717) is 25.2 Å². The normalized spacial score (nSPS) is 18.9. The maximum Gasteiger partial charge on any atom is 0.269 e. The number of carbonyl (C=O) groups excluding carboxylic acids is 1. The van der Waals surface area contributed by atoms with Crippen LogP contribution in [0.5, 0.6) is 0 Å². The van der Waals surface area contributed by atoms with Crippen LogP contribution in [0.3, 0.4) is 0 Å². The number of morpholine rings is 1. The molecular weight excluding hydrogens is 310 g/mol. The number of nitro groups is 1. The molecule has 0 saturated carbocycles. The van der Waals surface area contributed by atoms with Crippen molar-refractivity contribution < 1.29 is 14.5 Å². The molecule has 0 radical (unpaired) electrons. The highest BCUT2D eigenvalue weighted by Crippen LogP contribution is 2.19. The molecular formula is C14H20ClN3O4. The lowest BCUT2D eigenvalue weighted by molar-refractivity contribution is -0.384. The molecule has 22 heavy (non-hydrogen) atoms. The van der Waals surface area contributed by atoms with Crippen LogP contribution in [0.15, 0.2) is 24.3 Å². The van der Waals surface area contributed by atoms with Crippen molar-refractivity contribution in [3.63, 3.8) is 0 Å². The predicted octanol–water partition coefficient (Wildman–Crippen LogP) is 1.57. The second kappa shape index (κ2) is 8.67. The second-order valence-corrected chi connectivity index (χ2v) is 5.07. The molecule has 2 rings (SSSR count). The van der Waals surface area contributed by atoms with Crippen molar-refractivity contribution in [2.75, 3.05) is 19.8 Å². The Morgan fingerprint density at radius 1 is 1.59 bits per heavy atom. The fourth-order valence-electron chi connectivity index (χ4n) is 2.27. The quantitative estimate of drug-likeness (QED) is 0.632. The SMILES string of the molecule is CC(NC(=O)CC1COCCN1)c1cccc([N+](=O)[O-])c1.Cl. The van der Waals surface area contributed by atoms with Gasteiger partial charge in [-0.25, -0.2) is 0 Å². The molecule has 0 spiro atoms. The average molecular weight is 330 g/mol. The van der Waals surface area contributed by atoms with Gasteiger partial charge >= 0.3 is 0 Å². The Balaban J connectivity index is 0.00000242. The molecule has 1 fully saturated rings. The molecule has 2 atom stereocenters. The van der Waals surface area contributed by atoms with Crippen molar-refractivity contribution in [1.29, 1.82) is 0 Å². The summed E-state index contributed by atoms with van der Waals surface area (Å²) in [5, 5.41) is 16.8. The van der Waals surface area contributed by atoms with E-state index in [2.05, 4.69) is 10.6 Å². The third kappa shape index (κ3) is 5.25. The lowest BCUT2D eigenvalue weighted by Gasteiger charge is -2.24. The summed E-state index contributed by atoms with van der Waals surface area (Å²) < 4.78 is 5.30. The van der Waals surface area contributed by atoms with Crippen molar-refractivity contribution in [3.8, 4) is 0 Å². The van der Waals surface area contributed by atoms with Crippen LogP contribution < -0.4 is 10.6 Å². The molecule has 0 bridgehead atoms. The minimum atomic E-state index is -0.443. The summed E-state index contributed by atoms with van der Waals surface area (Å²) in [5.74, 6) is -0.1000. The van der Waals surface area contributed by atoms with Crippen LogP contribution in [0.2, 0.25) is 0 Å². The van der Waals surface area contributed by atoms with Gasteiger partial charge < -0.3 is 15.4 Å². The van der Waals surface area contributed by atoms with Crippen molar-refractivity contribution in [2.24, 2.45) is 0 Å². The molecule has 1 aromatic carbocycles. The Hall–Kier alpha value is -1.70. The number of nitrogens with one attached hydrogen (secondary N) is 2. The Morgan fingerprint density at radius 3 is 3.00 bits per heavy atom. The number of hydrogen-bond donors (Lipinski definition) is 2. The number of hydrogen-bond acceptors (Lipinski definition) is 5. The molecule has 2 N–H and O–H groups in total. The Bertz CT molecular complexity index is 521. The molecule has 1 heterocycles. The summed E-state index contributed by atoms with van der Waals surface area (Å²) in [6.45, 7) is 3.75. The van der Waals surface area contributed by atoms with Crippen LogP contribution in [0.25, 0.3) is 0 Å². The standard InChI is InChI=1S/C14H19N3O4.ClH/c1-10(11-3-2-4-13(7-11)17(19)20)16-14(18)8-12-9-21-6-5-15-12;/h2-4,7,10,12,15H,5-6,8-9H2,1H3,(H,16,18);1H. The van der Waals surface area contributed by atoms with Gasteiger partial charge in [-0.3, -0.25) is 14.9 Å². The van der Waals surface area contributed by atoms with E-state index in [-0.39, 0.29) is 36.1 Å². The van der Waals surface area contributed by atoms with Gasteiger partial charge in [0, 0.05) is 31.1 Å². The maximum absolute atomic E-state index is 12.0. The topological polar surface area (TPSA) is 93.5 Å². The number of rotatable bonds is 5. The Kier molecular flexibility index (Phi) is 7.23. The van der Waals surface area contributed by atoms with Crippen LogP contribution in [-0.2, 0) is 9.53 Å². The average Bonchev–Trinajstić information content (AvgIpc) is 2.48. The molecule has 0 aromatic heterocycles. The minimum Gasteiger partial charge on any atom is -0.378 e. The van der Waals surface area contributed by atoms with Gasteiger partial charge in [-0.15, -0.1) is 12.4 Å². The summed E-state index contributed by atoms with van der Waals surface area (Å²) in [4.78, 5) is 22.3. The molecule has 1 aromatic rings. The summed E-state index contributed by atoms with van der Waals surface area (Å²) in [6, 6.07) is 6.04. The summed E-state index contributed by atoms with van der Waals surface area (Å²) in [5.41, 5.74) is 0.737. The van der Waals surface area contributed by atoms with Crippen molar-refractivity contribution in [1.82, 2.24) is 10.6 Å². The fraction of sp³-hybridized carbons (Fsp3) is 0.500. The molecule has 1 amide bonds. The van der Waals surface area contributed by atoms with Gasteiger partial charge in [-0.05, 0) is 12.5 Å². The van der Waals surface area contributed by atoms with Crippen molar-refractivity contribution in [3.05, 3.63) is 39.9 Å². The number of amides is 1. The highest BCUT2D eigenvalue weighted by atomic mass is 35.5. The molecule has 1 aliphatic rings. The highest BCUT2D eigenvalue weighted by molar-refractivity contribution is 5.85. The number of benzene rings is 1. The van der Waals surface area contributed by atoms with Crippen molar-refractivity contribution in [2.45, 2.75) is 25.4 Å². The zero-order valence-corrected chi connectivity index (χ0v) is 13.1. The third-order valence-electron chi connectivity index (χ3n) is 3.39. The van der Waals surface area contributed by atoms with Crippen LogP contribution in [0.4, 0.5) is 5.69 Å². The van der Waals surface area contributed by atoms with E-state index in [4.69, 9.17) is 4.74 Å². The van der Waals surface area contributed by atoms with Gasteiger partial charge in [0.25, 0.3) is 5.69 Å². The molecule has 1 saturated heterocycles. The second-order valence-electron chi connectivity index (χ2n) is 5.07. The number of nitro benzene ring substituents is 1. The van der Waals surface area contributed by atoms with E-state index in [9.17, 15) is 14.9 Å². The van der Waals surface area contributed by atoms with Gasteiger partial charge in [0.05, 0.1) is 24.2 Å². The fourth-order valence-corrected chi connectivity index (χ4v) is 2.27. The number of nitrogens with zero attached hydrogens (tertiary/aromatic N) is 1. The lowest BCUT2D eigenvalue weighted by atomic mass is 10.1. The predicted molar refractivity (Wildman–Crippen MR) is 84.1 cm³/mol. The minimum absolute atomic E-state index is 0. The first-order valence-electron chi connectivity index (χ1n) is 6.91. The summed E-state index contributed by atoms with van der Waals surface area (Å²) in [6.07, 6.45) is 0.333. The lowest BCUT2D eigenvalue weighted by Crippen LogP contribution is -2.44. The van der Waals surface area contributed by atoms with E-state index < -0.39 is 4.92 Å². The number of ether oxygens (including phenoxy) is 1. The molecule has 7 nitrogen and oxygen atoms in total. The van der Waals surface area contributed by atoms with E-state index >= 15 is 0 Å². The third-order valence-corrected chi connectivity index (χ3v) is 3.39. The molecule has 2 unspecified atom stereocenters. The summed E-state index contributed by atoms with van der Waals surface area (Å²) in [7, 11) is 0. The van der Waals surface area contributed by atoms with Gasteiger partial charge in [0.15, 0.2) is 0 Å². The van der Waals surface area contributed by atoms with Crippen LogP contribution >= 0.6 is 12.4 Å². The number of halogens is 1. The first-order valence-corrected chi connectivity index (χ1v) is 6.91. The van der Waals surface area contributed by atoms with E-state index in [1.165, 1.54) is 12.1 Å². The zero-order chi connectivity index (χ0) is 15.2. The van der Waals surface area contributed by atoms with Gasteiger partial charge in [-0.1, -0.05) is 12.1 Å². The smallest absolute Gasteiger partial charge is 0.269 e. The first kappa shape index (κ1) is 18.3. The maximum atomic E-state index is 12.0. The molecule has 122 valence electrons. The first-order chi connectivity index (χ1) is 10.1. The highest BCUT2D eigenvalue weighted by Gasteiger charge is 2.19. The zero-order valence-electron chi connectivity index (χ0n) is 12.3. The van der Waals surface area contributed by atoms with Gasteiger partial charge in [0.1, 0.15) is 0 Å². The van der Waals surface area contributed by atoms with Gasteiger partial charge in [0.2, 0.25) is 5.91 Å². The largest absolute Gasteiger partial charge is 0.378 e. The van der Waals surface area contributed by atoms with E-state index in [1.54, 1.807) is 12.1 Å². The Morgan fingerprint density at radius 2 is 2.36 bits per heavy atom. The molecule has 1 aliphatic heterocycles. The van der Waals surface area contributed by atoms with Crippen molar-refractivity contribution >= 4 is 24.0 Å². The van der Waals surface area contributed by atoms with Crippen LogP contribution in [0, 0.1) is 10.1 Å². The Labute approximate surface area is 135 Å². The van der Waals surface area contributed by atoms with E-state index in [1.807, 2.05) is 6.92 Å². The number of carbonyl (C=O) groups is 1. The molecule has 0 aliphatic carbocycles. The van der Waals surface area contributed by atoms with Crippen LogP contribution in [-0.4, -0.2) is 36.6 Å². The van der Waals surface area contributed by atoms with E-state index in [0.717, 1.165) is 6.54 Å². The van der Waals surface area contributed by atoms with Gasteiger partial charge in [-0.2, -0.15) is 0 Å². The number of non-ortho nitro benzene ring substituents is 1. The summed E-state index contributed by atoms with van der Waals surface area (Å²) >= 11 is 0. The van der Waals surface area contributed by atoms with Crippen LogP contribution in [0.1, 0.15) is 24.9 Å². The molecule has 8 heteroatoms. The monoisotopic (exact) mass is 329 g/mol.